The standard InChI is InChI=1S/C24H25F4N3O/c25-19-9-5-17(6-10-19)15-29-16-18-7-11-20(12-8-18)32-14-13-31-22-4-2-1-3-21(22)23(30-31)24(26,27)28/h5-12,29H,1-4,13-16H2. The Morgan fingerprint density at radius 3 is 2.19 bits per heavy atom. The molecule has 4 nitrogen and oxygen atoms in total. The summed E-state index contributed by atoms with van der Waals surface area (Å²) in [5.74, 6) is 0.405. The Morgan fingerprint density at radius 2 is 1.53 bits per heavy atom. The van der Waals surface area contributed by atoms with Crippen LogP contribution >= 0.6 is 0 Å². The molecule has 3 aromatic rings. The highest BCUT2D eigenvalue weighted by Crippen LogP contribution is 2.35. The molecule has 32 heavy (non-hydrogen) atoms. The highest BCUT2D eigenvalue weighted by Gasteiger charge is 2.39. The fourth-order valence-electron chi connectivity index (χ4n) is 3.99. The maximum absolute atomic E-state index is 13.3. The van der Waals surface area contributed by atoms with E-state index in [1.165, 1.54) is 16.8 Å². The molecular formula is C24H25F4N3O. The third-order valence-electron chi connectivity index (χ3n) is 5.59. The summed E-state index contributed by atoms with van der Waals surface area (Å²) in [4.78, 5) is 0. The molecule has 1 aliphatic carbocycles. The van der Waals surface area contributed by atoms with Crippen LogP contribution in [0.3, 0.4) is 0 Å². The van der Waals surface area contributed by atoms with Crippen molar-refractivity contribution in [2.24, 2.45) is 0 Å². The van der Waals surface area contributed by atoms with Crippen LogP contribution in [0.4, 0.5) is 17.6 Å². The van der Waals surface area contributed by atoms with E-state index in [1.807, 2.05) is 24.3 Å². The van der Waals surface area contributed by atoms with Crippen LogP contribution in [0.2, 0.25) is 0 Å². The first-order valence-electron chi connectivity index (χ1n) is 10.7. The van der Waals surface area contributed by atoms with Crippen molar-refractivity contribution in [3.05, 3.63) is 82.4 Å². The van der Waals surface area contributed by atoms with Crippen molar-refractivity contribution in [1.29, 1.82) is 0 Å². The van der Waals surface area contributed by atoms with E-state index in [9.17, 15) is 17.6 Å². The van der Waals surface area contributed by atoms with Crippen LogP contribution in [-0.2, 0) is 38.7 Å². The summed E-state index contributed by atoms with van der Waals surface area (Å²) in [6.45, 7) is 1.80. The molecule has 0 radical (unpaired) electrons. The Balaban J connectivity index is 1.28. The number of ether oxygens (including phenoxy) is 1. The van der Waals surface area contributed by atoms with Gasteiger partial charge in [-0.2, -0.15) is 18.3 Å². The predicted octanol–water partition coefficient (Wildman–Crippen LogP) is 5.29. The van der Waals surface area contributed by atoms with E-state index in [0.717, 1.165) is 24.0 Å². The lowest BCUT2D eigenvalue weighted by atomic mass is 9.95. The lowest BCUT2D eigenvalue weighted by Crippen LogP contribution is -2.14. The SMILES string of the molecule is Fc1ccc(CNCc2ccc(OCCn3nc(C(F)(F)F)c4c3CCCC4)cc2)cc1. The zero-order valence-corrected chi connectivity index (χ0v) is 17.6. The van der Waals surface area contributed by atoms with E-state index in [-0.39, 0.29) is 19.0 Å². The number of nitrogens with one attached hydrogen (secondary N) is 1. The summed E-state index contributed by atoms with van der Waals surface area (Å²) in [6.07, 6.45) is -1.72. The van der Waals surface area contributed by atoms with E-state index in [0.29, 0.717) is 42.9 Å². The van der Waals surface area contributed by atoms with E-state index in [1.54, 1.807) is 12.1 Å². The van der Waals surface area contributed by atoms with Gasteiger partial charge in [0.25, 0.3) is 0 Å². The number of aromatic nitrogens is 2. The van der Waals surface area contributed by atoms with Gasteiger partial charge in [-0.05, 0) is 61.1 Å². The predicted molar refractivity (Wildman–Crippen MR) is 113 cm³/mol. The van der Waals surface area contributed by atoms with Gasteiger partial charge in [-0.3, -0.25) is 4.68 Å². The second-order valence-corrected chi connectivity index (χ2v) is 7.92. The lowest BCUT2D eigenvalue weighted by molar-refractivity contribution is -0.142. The van der Waals surface area contributed by atoms with Gasteiger partial charge in [-0.15, -0.1) is 0 Å². The Morgan fingerprint density at radius 1 is 0.906 bits per heavy atom. The molecule has 0 fully saturated rings. The van der Waals surface area contributed by atoms with Crippen molar-refractivity contribution in [2.75, 3.05) is 6.61 Å². The molecule has 0 atom stereocenters. The minimum absolute atomic E-state index is 0.244. The maximum atomic E-state index is 13.3. The quantitative estimate of drug-likeness (QED) is 0.477. The Hall–Kier alpha value is -2.87. The van der Waals surface area contributed by atoms with Gasteiger partial charge in [0.15, 0.2) is 5.69 Å². The van der Waals surface area contributed by atoms with Crippen LogP contribution in [0.1, 0.15) is 40.9 Å². The third kappa shape index (κ3) is 5.48. The zero-order chi connectivity index (χ0) is 22.6. The Bertz CT molecular complexity index is 1030. The smallest absolute Gasteiger partial charge is 0.435 e. The second kappa shape index (κ2) is 9.73. The summed E-state index contributed by atoms with van der Waals surface area (Å²) in [6, 6.07) is 13.9. The third-order valence-corrected chi connectivity index (χ3v) is 5.59. The average Bonchev–Trinajstić information content (AvgIpc) is 3.16. The maximum Gasteiger partial charge on any atom is 0.435 e. The van der Waals surface area contributed by atoms with E-state index in [2.05, 4.69) is 10.4 Å². The summed E-state index contributed by atoms with van der Waals surface area (Å²) >= 11 is 0. The molecule has 1 aliphatic rings. The summed E-state index contributed by atoms with van der Waals surface area (Å²) < 4.78 is 60.0. The molecule has 0 spiro atoms. The minimum atomic E-state index is -4.42. The molecule has 1 heterocycles. The molecule has 170 valence electrons. The van der Waals surface area contributed by atoms with Crippen LogP contribution in [0, 0.1) is 5.82 Å². The van der Waals surface area contributed by atoms with Gasteiger partial charge in [-0.25, -0.2) is 4.39 Å². The molecule has 4 rings (SSSR count). The van der Waals surface area contributed by atoms with Crippen LogP contribution in [0.15, 0.2) is 48.5 Å². The van der Waals surface area contributed by atoms with Crippen LogP contribution in [0.25, 0.3) is 0 Å². The molecule has 8 heteroatoms. The topological polar surface area (TPSA) is 39.1 Å². The van der Waals surface area contributed by atoms with E-state index < -0.39 is 11.9 Å². The second-order valence-electron chi connectivity index (χ2n) is 7.92. The average molecular weight is 447 g/mol. The van der Waals surface area contributed by atoms with Gasteiger partial charge in [0.05, 0.1) is 6.54 Å². The molecule has 1 aromatic heterocycles. The van der Waals surface area contributed by atoms with Crippen LogP contribution in [-0.4, -0.2) is 16.4 Å². The summed E-state index contributed by atoms with van der Waals surface area (Å²) in [7, 11) is 0. The molecule has 0 saturated heterocycles. The fraction of sp³-hybridized carbons (Fsp3) is 0.375. The Kier molecular flexibility index (Phi) is 6.79. The van der Waals surface area contributed by atoms with Crippen molar-refractivity contribution < 1.29 is 22.3 Å². The number of halogens is 4. The first-order chi connectivity index (χ1) is 15.4. The number of hydrogen-bond acceptors (Lipinski definition) is 3. The molecule has 0 unspecified atom stereocenters. The molecule has 1 N–H and O–H groups in total. The number of benzene rings is 2. The van der Waals surface area contributed by atoms with Crippen molar-refractivity contribution in [3.63, 3.8) is 0 Å². The number of rotatable bonds is 8. The van der Waals surface area contributed by atoms with Gasteiger partial charge in [-0.1, -0.05) is 24.3 Å². The fourth-order valence-corrected chi connectivity index (χ4v) is 3.99. The van der Waals surface area contributed by atoms with Gasteiger partial charge >= 0.3 is 6.18 Å². The van der Waals surface area contributed by atoms with Crippen LogP contribution in [0.5, 0.6) is 5.75 Å². The molecule has 0 amide bonds. The van der Waals surface area contributed by atoms with Crippen molar-refractivity contribution in [1.82, 2.24) is 15.1 Å². The molecular weight excluding hydrogens is 422 g/mol. The monoisotopic (exact) mass is 447 g/mol. The molecule has 2 aromatic carbocycles. The number of nitrogens with zero attached hydrogens (tertiary/aromatic N) is 2. The van der Waals surface area contributed by atoms with Gasteiger partial charge in [0, 0.05) is 24.3 Å². The van der Waals surface area contributed by atoms with Gasteiger partial charge < -0.3 is 10.1 Å². The van der Waals surface area contributed by atoms with E-state index >= 15 is 0 Å². The first-order valence-corrected chi connectivity index (χ1v) is 10.7. The number of fused-ring (bicyclic) bond motifs is 1. The van der Waals surface area contributed by atoms with Gasteiger partial charge in [0.1, 0.15) is 18.2 Å². The lowest BCUT2D eigenvalue weighted by Gasteiger charge is -2.15. The number of alkyl halides is 3. The Labute approximate surface area is 184 Å². The van der Waals surface area contributed by atoms with Crippen molar-refractivity contribution >= 4 is 0 Å². The first kappa shape index (κ1) is 22.3. The number of hydrogen-bond donors (Lipinski definition) is 1. The highest BCUT2D eigenvalue weighted by molar-refractivity contribution is 5.31. The van der Waals surface area contributed by atoms with Crippen molar-refractivity contribution in [2.45, 2.75) is 51.5 Å². The molecule has 0 bridgehead atoms. The van der Waals surface area contributed by atoms with Gasteiger partial charge in [0.2, 0.25) is 0 Å². The minimum Gasteiger partial charge on any atom is -0.492 e. The highest BCUT2D eigenvalue weighted by atomic mass is 19.4. The summed E-state index contributed by atoms with van der Waals surface area (Å²) in [5, 5.41) is 7.15. The van der Waals surface area contributed by atoms with Crippen LogP contribution < -0.4 is 10.1 Å². The van der Waals surface area contributed by atoms with Crippen molar-refractivity contribution in [3.8, 4) is 5.75 Å². The normalized spacial score (nSPS) is 13.8. The zero-order valence-electron chi connectivity index (χ0n) is 17.6. The van der Waals surface area contributed by atoms with E-state index in [4.69, 9.17) is 4.74 Å². The molecule has 0 saturated carbocycles. The largest absolute Gasteiger partial charge is 0.492 e. The summed E-state index contributed by atoms with van der Waals surface area (Å²) in [5.41, 5.74) is 2.36. The molecule has 0 aliphatic heterocycles.